The van der Waals surface area contributed by atoms with Crippen molar-refractivity contribution in [1.82, 2.24) is 4.98 Å². The lowest BCUT2D eigenvalue weighted by Crippen LogP contribution is -1.82. The molecular weight excluding hydrogens is 178 g/mol. The van der Waals surface area contributed by atoms with E-state index in [0.717, 1.165) is 5.01 Å². The number of nitrogens with zero attached hydrogens (tertiary/aromatic N) is 1. The van der Waals surface area contributed by atoms with E-state index >= 15 is 0 Å². The number of benzene rings is 1. The Balaban J connectivity index is 2.53. The van der Waals surface area contributed by atoms with Gasteiger partial charge < -0.3 is 0 Å². The van der Waals surface area contributed by atoms with Crippen LogP contribution < -0.4 is 0 Å². The molecule has 2 heteroatoms. The van der Waals surface area contributed by atoms with Gasteiger partial charge in [0.05, 0.1) is 5.38 Å². The van der Waals surface area contributed by atoms with Crippen molar-refractivity contribution in [3.63, 3.8) is 0 Å². The maximum absolute atomic E-state index is 4.24. The molecule has 0 amide bonds. The summed E-state index contributed by atoms with van der Waals surface area (Å²) in [4.78, 5) is 4.24. The summed E-state index contributed by atoms with van der Waals surface area (Å²) < 4.78 is 0. The van der Waals surface area contributed by atoms with Gasteiger partial charge in [0.2, 0.25) is 0 Å². The first-order valence-electron chi connectivity index (χ1n) is 4.17. The number of hydrogen-bond donors (Lipinski definition) is 0. The first-order chi connectivity index (χ1) is 6.27. The Morgan fingerprint density at radius 3 is 2.77 bits per heavy atom. The Bertz CT molecular complexity index is 404. The largest absolute Gasteiger partial charge is 0.244 e. The fraction of sp³-hybridized carbons (Fsp3) is 0.182. The van der Waals surface area contributed by atoms with Gasteiger partial charge in [-0.3, -0.25) is 0 Å². The van der Waals surface area contributed by atoms with Crippen molar-refractivity contribution in [2.75, 3.05) is 0 Å². The van der Waals surface area contributed by atoms with E-state index in [1.807, 2.05) is 0 Å². The van der Waals surface area contributed by atoms with Gasteiger partial charge in [-0.15, -0.1) is 11.3 Å². The topological polar surface area (TPSA) is 12.9 Å². The molecule has 65 valence electrons. The van der Waals surface area contributed by atoms with E-state index < -0.39 is 0 Å². The summed E-state index contributed by atoms with van der Waals surface area (Å²) in [6.07, 6.45) is 1.72. The highest BCUT2D eigenvalue weighted by molar-refractivity contribution is 7.12. The van der Waals surface area contributed by atoms with Crippen LogP contribution in [0.4, 0.5) is 0 Å². The molecule has 0 saturated heterocycles. The van der Waals surface area contributed by atoms with E-state index in [9.17, 15) is 0 Å². The molecule has 1 radical (unpaired) electrons. The lowest BCUT2D eigenvalue weighted by Gasteiger charge is -2.02. The van der Waals surface area contributed by atoms with E-state index in [1.165, 1.54) is 16.7 Å². The number of rotatable bonds is 1. The van der Waals surface area contributed by atoms with Crippen LogP contribution in [0.25, 0.3) is 10.6 Å². The van der Waals surface area contributed by atoms with E-state index in [4.69, 9.17) is 0 Å². The molecule has 1 aromatic carbocycles. The Kier molecular flexibility index (Phi) is 2.15. The van der Waals surface area contributed by atoms with Crippen LogP contribution in [-0.4, -0.2) is 4.98 Å². The van der Waals surface area contributed by atoms with Gasteiger partial charge in [0, 0.05) is 11.8 Å². The number of aromatic nitrogens is 1. The lowest BCUT2D eigenvalue weighted by atomic mass is 10.1. The average Bonchev–Trinajstić information content (AvgIpc) is 2.56. The zero-order chi connectivity index (χ0) is 9.26. The molecule has 1 heterocycles. The summed E-state index contributed by atoms with van der Waals surface area (Å²) in [5.41, 5.74) is 3.79. The molecule has 0 unspecified atom stereocenters. The van der Waals surface area contributed by atoms with Gasteiger partial charge in [-0.25, -0.2) is 4.98 Å². The minimum absolute atomic E-state index is 1.05. The fourth-order valence-electron chi connectivity index (χ4n) is 1.37. The molecule has 2 aromatic rings. The molecule has 0 N–H and O–H groups in total. The molecule has 0 fully saturated rings. The predicted molar refractivity (Wildman–Crippen MR) is 55.9 cm³/mol. The second-order valence-corrected chi connectivity index (χ2v) is 3.93. The third kappa shape index (κ3) is 1.63. The summed E-state index contributed by atoms with van der Waals surface area (Å²) >= 11 is 1.56. The van der Waals surface area contributed by atoms with Gasteiger partial charge in [-0.05, 0) is 19.4 Å². The SMILES string of the molecule is Cc1ccc(-c2nc[c]s2)c(C)c1. The summed E-state index contributed by atoms with van der Waals surface area (Å²) in [6, 6.07) is 6.41. The smallest absolute Gasteiger partial charge is 0.124 e. The molecule has 0 spiro atoms. The van der Waals surface area contributed by atoms with Crippen LogP contribution in [0, 0.1) is 19.2 Å². The van der Waals surface area contributed by atoms with Crippen molar-refractivity contribution in [1.29, 1.82) is 0 Å². The number of thiazole rings is 1. The van der Waals surface area contributed by atoms with Crippen LogP contribution >= 0.6 is 11.3 Å². The zero-order valence-electron chi connectivity index (χ0n) is 7.66. The quantitative estimate of drug-likeness (QED) is 0.669. The Labute approximate surface area is 82.1 Å². The molecule has 2 rings (SSSR count). The highest BCUT2D eigenvalue weighted by Gasteiger charge is 2.03. The summed E-state index contributed by atoms with van der Waals surface area (Å²) in [5, 5.41) is 4.05. The van der Waals surface area contributed by atoms with Crippen LogP contribution in [0.3, 0.4) is 0 Å². The second-order valence-electron chi connectivity index (χ2n) is 3.10. The molecule has 1 aromatic heterocycles. The predicted octanol–water partition coefficient (Wildman–Crippen LogP) is 3.23. The number of aryl methyl sites for hydroxylation is 2. The molecule has 0 bridgehead atoms. The van der Waals surface area contributed by atoms with Gasteiger partial charge in [-0.1, -0.05) is 23.8 Å². The van der Waals surface area contributed by atoms with E-state index in [-0.39, 0.29) is 0 Å². The molecule has 13 heavy (non-hydrogen) atoms. The highest BCUT2D eigenvalue weighted by atomic mass is 32.1. The van der Waals surface area contributed by atoms with Gasteiger partial charge in [0.25, 0.3) is 0 Å². The Hall–Kier alpha value is -1.15. The second kappa shape index (κ2) is 3.30. The molecule has 0 aliphatic carbocycles. The Morgan fingerprint density at radius 1 is 1.31 bits per heavy atom. The van der Waals surface area contributed by atoms with Crippen molar-refractivity contribution in [3.8, 4) is 10.6 Å². The third-order valence-corrected chi connectivity index (χ3v) is 2.74. The highest BCUT2D eigenvalue weighted by Crippen LogP contribution is 2.25. The molecule has 1 nitrogen and oxygen atoms in total. The van der Waals surface area contributed by atoms with Crippen molar-refractivity contribution < 1.29 is 0 Å². The van der Waals surface area contributed by atoms with Gasteiger partial charge in [0.1, 0.15) is 5.01 Å². The number of hydrogen-bond acceptors (Lipinski definition) is 2. The van der Waals surface area contributed by atoms with Gasteiger partial charge in [0.15, 0.2) is 0 Å². The normalized spacial score (nSPS) is 10.3. The first kappa shape index (κ1) is 8.45. The molecule has 0 aliphatic heterocycles. The molecule has 0 aliphatic rings. The molecule has 0 saturated carbocycles. The molecule has 0 atom stereocenters. The lowest BCUT2D eigenvalue weighted by molar-refractivity contribution is 1.35. The van der Waals surface area contributed by atoms with Gasteiger partial charge in [-0.2, -0.15) is 0 Å². The summed E-state index contributed by atoms with van der Waals surface area (Å²) in [7, 11) is 0. The van der Waals surface area contributed by atoms with Crippen molar-refractivity contribution >= 4 is 11.3 Å². The van der Waals surface area contributed by atoms with Crippen molar-refractivity contribution in [3.05, 3.63) is 40.9 Å². The van der Waals surface area contributed by atoms with Crippen molar-refractivity contribution in [2.24, 2.45) is 0 Å². The Morgan fingerprint density at radius 2 is 2.15 bits per heavy atom. The van der Waals surface area contributed by atoms with E-state index in [1.54, 1.807) is 17.5 Å². The van der Waals surface area contributed by atoms with E-state index in [2.05, 4.69) is 42.4 Å². The van der Waals surface area contributed by atoms with Gasteiger partial charge >= 0.3 is 0 Å². The minimum atomic E-state index is 1.05. The monoisotopic (exact) mass is 188 g/mol. The standard InChI is InChI=1S/C11H10NS/c1-8-3-4-10(9(2)7-8)11-12-5-6-13-11/h3-5,7H,1-2H3. The first-order valence-corrected chi connectivity index (χ1v) is 4.98. The fourth-order valence-corrected chi connectivity index (χ4v) is 2.03. The zero-order valence-corrected chi connectivity index (χ0v) is 8.48. The minimum Gasteiger partial charge on any atom is -0.244 e. The van der Waals surface area contributed by atoms with Crippen LogP contribution in [0.5, 0.6) is 0 Å². The van der Waals surface area contributed by atoms with Crippen molar-refractivity contribution in [2.45, 2.75) is 13.8 Å². The van der Waals surface area contributed by atoms with Crippen LogP contribution in [-0.2, 0) is 0 Å². The van der Waals surface area contributed by atoms with E-state index in [0.29, 0.717) is 0 Å². The summed E-state index contributed by atoms with van der Waals surface area (Å²) in [6.45, 7) is 4.22. The van der Waals surface area contributed by atoms with Crippen LogP contribution in [0.15, 0.2) is 24.4 Å². The third-order valence-electron chi connectivity index (χ3n) is 2.00. The average molecular weight is 188 g/mol. The summed E-state index contributed by atoms with van der Waals surface area (Å²) in [5.74, 6) is 0. The maximum Gasteiger partial charge on any atom is 0.124 e. The molecular formula is C11H10NS. The van der Waals surface area contributed by atoms with Crippen LogP contribution in [0.2, 0.25) is 0 Å². The van der Waals surface area contributed by atoms with Crippen LogP contribution in [0.1, 0.15) is 11.1 Å². The maximum atomic E-state index is 4.24.